The molecule has 2 aromatic carbocycles. The Balaban J connectivity index is 0.00000400. The summed E-state index contributed by atoms with van der Waals surface area (Å²) >= 11 is 5.61. The van der Waals surface area contributed by atoms with Crippen LogP contribution in [0.5, 0.6) is 5.75 Å². The van der Waals surface area contributed by atoms with Crippen LogP contribution in [0, 0.1) is 0 Å². The molecule has 1 aliphatic rings. The number of halogens is 4. The van der Waals surface area contributed by atoms with Crippen LogP contribution in [0.15, 0.2) is 65.7 Å². The Morgan fingerprint density at radius 2 is 1.63 bits per heavy atom. The van der Waals surface area contributed by atoms with Gasteiger partial charge >= 0.3 is 35.7 Å². The molecule has 4 rings (SSSR count). The van der Waals surface area contributed by atoms with E-state index in [-0.39, 0.29) is 34.6 Å². The Morgan fingerprint density at radius 1 is 1.00 bits per heavy atom. The topological polar surface area (TPSA) is 93.9 Å². The number of rotatable bonds is 6. The number of anilines is 2. The number of ether oxygens (including phenoxy) is 1. The standard InChI is InChI=1S/C24H22ClF3N4O4S.Na/c1-36-18-5-3-17(4-6-18)31-10-12-32(13-11-31)22-9-7-19(15-29-22)37(34,35)30-23(33)20-8-2-16(25)14-21(20)24(26,27)28;/h2-9,14-15H,10-13H2,1H3,(H,30,33);/q;+1/p-1. The normalized spacial score (nSPS) is 14.0. The molecule has 1 saturated heterocycles. The first-order chi connectivity index (χ1) is 17.5. The van der Waals surface area contributed by atoms with Crippen LogP contribution in [0.4, 0.5) is 24.7 Å². The molecular formula is C24H21ClF3N4NaO4S. The minimum atomic E-state index is -4.92. The fourth-order valence-electron chi connectivity index (χ4n) is 3.85. The molecule has 0 N–H and O–H groups in total. The van der Waals surface area contributed by atoms with Crippen molar-refractivity contribution in [2.45, 2.75) is 11.1 Å². The fourth-order valence-corrected chi connectivity index (χ4v) is 4.87. The fraction of sp³-hybridized carbons (Fsp3) is 0.250. The van der Waals surface area contributed by atoms with Gasteiger partial charge in [0.25, 0.3) is 0 Å². The molecule has 1 fully saturated rings. The van der Waals surface area contributed by atoms with Crippen LogP contribution in [-0.4, -0.2) is 52.6 Å². The van der Waals surface area contributed by atoms with E-state index in [9.17, 15) is 26.4 Å². The number of carbonyl (C=O) groups is 1. The Bertz CT molecular complexity index is 1380. The second kappa shape index (κ2) is 12.1. The number of benzene rings is 2. The maximum absolute atomic E-state index is 13.3. The predicted octanol–water partition coefficient (Wildman–Crippen LogP) is 2.00. The van der Waals surface area contributed by atoms with Crippen molar-refractivity contribution in [1.29, 1.82) is 0 Å². The van der Waals surface area contributed by atoms with E-state index in [1.165, 1.54) is 12.1 Å². The van der Waals surface area contributed by atoms with E-state index < -0.39 is 38.1 Å². The van der Waals surface area contributed by atoms with Gasteiger partial charge in [0.1, 0.15) is 21.6 Å². The van der Waals surface area contributed by atoms with Gasteiger partial charge < -0.3 is 24.1 Å². The Labute approximate surface area is 245 Å². The van der Waals surface area contributed by atoms with E-state index in [0.29, 0.717) is 38.1 Å². The molecule has 0 spiro atoms. The molecule has 1 amide bonds. The van der Waals surface area contributed by atoms with E-state index in [1.54, 1.807) is 7.11 Å². The van der Waals surface area contributed by atoms with Crippen LogP contribution in [0.2, 0.25) is 5.02 Å². The summed E-state index contributed by atoms with van der Waals surface area (Å²) in [5, 5.41) is -0.253. The third kappa shape index (κ3) is 6.92. The van der Waals surface area contributed by atoms with E-state index in [2.05, 4.69) is 14.6 Å². The van der Waals surface area contributed by atoms with E-state index in [0.717, 1.165) is 29.8 Å². The molecule has 8 nitrogen and oxygen atoms in total. The molecular weight excluding hydrogens is 556 g/mol. The third-order valence-electron chi connectivity index (χ3n) is 5.78. The van der Waals surface area contributed by atoms with E-state index >= 15 is 0 Å². The summed E-state index contributed by atoms with van der Waals surface area (Å²) in [6, 6.07) is 12.8. The van der Waals surface area contributed by atoms with Gasteiger partial charge in [-0.25, -0.2) is 13.4 Å². The molecule has 14 heteroatoms. The number of hydrogen-bond acceptors (Lipinski definition) is 7. The quantitative estimate of drug-likeness (QED) is 0.414. The van der Waals surface area contributed by atoms with Gasteiger partial charge in [-0.3, -0.25) is 0 Å². The first kappa shape index (κ1) is 30.0. The van der Waals surface area contributed by atoms with Crippen molar-refractivity contribution < 1.29 is 60.7 Å². The molecule has 0 bridgehead atoms. The number of pyridine rings is 1. The third-order valence-corrected chi connectivity index (χ3v) is 7.26. The summed E-state index contributed by atoms with van der Waals surface area (Å²) in [6.45, 7) is 2.68. The van der Waals surface area contributed by atoms with Crippen molar-refractivity contribution >= 4 is 39.0 Å². The summed E-state index contributed by atoms with van der Waals surface area (Å²) in [4.78, 5) is 20.3. The molecule has 0 unspecified atom stereocenters. The monoisotopic (exact) mass is 576 g/mol. The Hall–Kier alpha value is -2.51. The minimum Gasteiger partial charge on any atom is -0.537 e. The predicted molar refractivity (Wildman–Crippen MR) is 133 cm³/mol. The van der Waals surface area contributed by atoms with Gasteiger partial charge in [0.15, 0.2) is 0 Å². The van der Waals surface area contributed by atoms with Crippen LogP contribution in [0.3, 0.4) is 0 Å². The van der Waals surface area contributed by atoms with Crippen LogP contribution < -0.4 is 44.1 Å². The molecule has 2 heterocycles. The summed E-state index contributed by atoms with van der Waals surface area (Å²) in [5.41, 5.74) is -1.23. The maximum atomic E-state index is 13.3. The molecule has 38 heavy (non-hydrogen) atoms. The maximum Gasteiger partial charge on any atom is 1.00 e. The largest absolute Gasteiger partial charge is 1.00 e. The van der Waals surface area contributed by atoms with Crippen LogP contribution >= 0.6 is 11.6 Å². The number of alkyl halides is 3. The zero-order valence-corrected chi connectivity index (χ0v) is 24.0. The zero-order chi connectivity index (χ0) is 26.8. The van der Waals surface area contributed by atoms with Crippen LogP contribution in [-0.2, 0) is 16.2 Å². The molecule has 0 saturated carbocycles. The van der Waals surface area contributed by atoms with Crippen molar-refractivity contribution in [3.8, 4) is 5.75 Å². The van der Waals surface area contributed by atoms with Crippen LogP contribution in [0.25, 0.3) is 4.72 Å². The molecule has 196 valence electrons. The average molecular weight is 577 g/mol. The van der Waals surface area contributed by atoms with Crippen molar-refractivity contribution in [3.63, 3.8) is 0 Å². The first-order valence-electron chi connectivity index (χ1n) is 11.0. The molecule has 1 aliphatic heterocycles. The van der Waals surface area contributed by atoms with Gasteiger partial charge in [-0.05, 0) is 48.5 Å². The van der Waals surface area contributed by atoms with Gasteiger partial charge in [-0.15, -0.1) is 0 Å². The van der Waals surface area contributed by atoms with Gasteiger partial charge in [0.2, 0.25) is 0 Å². The first-order valence-corrected chi connectivity index (χ1v) is 12.8. The minimum absolute atomic E-state index is 0. The number of amides is 1. The summed E-state index contributed by atoms with van der Waals surface area (Å²) in [6.07, 6.45) is -3.89. The van der Waals surface area contributed by atoms with Gasteiger partial charge in [0.05, 0.1) is 23.5 Å². The zero-order valence-electron chi connectivity index (χ0n) is 20.4. The number of methoxy groups -OCH3 is 1. The van der Waals surface area contributed by atoms with Crippen molar-refractivity contribution in [2.24, 2.45) is 0 Å². The molecule has 0 aliphatic carbocycles. The molecule has 3 aromatic rings. The van der Waals surface area contributed by atoms with Gasteiger partial charge in [-0.2, -0.15) is 13.2 Å². The summed E-state index contributed by atoms with van der Waals surface area (Å²) < 4.78 is 73.4. The second-order valence-electron chi connectivity index (χ2n) is 8.08. The molecule has 0 radical (unpaired) electrons. The van der Waals surface area contributed by atoms with E-state index in [1.807, 2.05) is 29.2 Å². The van der Waals surface area contributed by atoms with Crippen molar-refractivity contribution in [2.75, 3.05) is 43.1 Å². The number of nitrogens with zero attached hydrogens (tertiary/aromatic N) is 4. The van der Waals surface area contributed by atoms with Gasteiger partial charge in [0, 0.05) is 48.6 Å². The van der Waals surface area contributed by atoms with Crippen molar-refractivity contribution in [3.05, 3.63) is 81.7 Å². The number of carbonyl (C=O) groups excluding carboxylic acids is 1. The van der Waals surface area contributed by atoms with Crippen LogP contribution in [0.1, 0.15) is 15.9 Å². The Kier molecular flexibility index (Phi) is 9.58. The van der Waals surface area contributed by atoms with Gasteiger partial charge in [-0.1, -0.05) is 17.7 Å². The summed E-state index contributed by atoms with van der Waals surface area (Å²) in [5.74, 6) is -0.261. The average Bonchev–Trinajstić information content (AvgIpc) is 2.88. The summed E-state index contributed by atoms with van der Waals surface area (Å²) in [7, 11) is -3.00. The second-order valence-corrected chi connectivity index (χ2v) is 10.1. The smallest absolute Gasteiger partial charge is 0.537 e. The SMILES string of the molecule is COc1ccc(N2CCN(c3ccc(S(=O)(=O)[N-]C(=O)c4ccc(Cl)cc4C(F)(F)F)cn3)CC2)cc1.[Na+]. The number of sulfonamides is 1. The number of aromatic nitrogens is 1. The Morgan fingerprint density at radius 3 is 2.18 bits per heavy atom. The van der Waals surface area contributed by atoms with Crippen molar-refractivity contribution in [1.82, 2.24) is 4.98 Å². The molecule has 1 aromatic heterocycles. The van der Waals surface area contributed by atoms with E-state index in [4.69, 9.17) is 16.3 Å². The number of hydrogen-bond donors (Lipinski definition) is 0. The number of piperazine rings is 1. The molecule has 0 atom stereocenters.